The maximum atomic E-state index is 13.9. The van der Waals surface area contributed by atoms with Gasteiger partial charge in [-0.05, 0) is 31.0 Å². The molecule has 108 valence electrons. The van der Waals surface area contributed by atoms with E-state index in [1.54, 1.807) is 24.9 Å². The first kappa shape index (κ1) is 14.5. The van der Waals surface area contributed by atoms with Crippen LogP contribution < -0.4 is 0 Å². The van der Waals surface area contributed by atoms with Gasteiger partial charge in [-0.25, -0.2) is 4.39 Å². The molecule has 0 bridgehead atoms. The number of benzene rings is 1. The van der Waals surface area contributed by atoms with E-state index in [0.717, 1.165) is 5.56 Å². The average Bonchev–Trinajstić information content (AvgIpc) is 2.41. The van der Waals surface area contributed by atoms with Crippen molar-refractivity contribution < 1.29 is 14.0 Å². The molecule has 2 rings (SSSR count). The van der Waals surface area contributed by atoms with Crippen LogP contribution in [0.5, 0.6) is 0 Å². The predicted molar refractivity (Wildman–Crippen MR) is 73.9 cm³/mol. The zero-order chi connectivity index (χ0) is 14.9. The van der Waals surface area contributed by atoms with Crippen molar-refractivity contribution in [2.45, 2.75) is 26.3 Å². The molecule has 0 N–H and O–H groups in total. The number of amides is 2. The highest BCUT2D eigenvalue weighted by atomic mass is 19.1. The molecule has 0 spiro atoms. The van der Waals surface area contributed by atoms with E-state index in [-0.39, 0.29) is 11.5 Å². The van der Waals surface area contributed by atoms with E-state index in [1.807, 2.05) is 6.92 Å². The average molecular weight is 278 g/mol. The maximum absolute atomic E-state index is 13.9. The lowest BCUT2D eigenvalue weighted by atomic mass is 10.1. The Kier molecular flexibility index (Phi) is 4.06. The van der Waals surface area contributed by atoms with E-state index in [0.29, 0.717) is 19.5 Å². The number of piperazine rings is 1. The van der Waals surface area contributed by atoms with Gasteiger partial charge < -0.3 is 9.80 Å². The summed E-state index contributed by atoms with van der Waals surface area (Å²) in [6, 6.07) is 4.03. The molecule has 1 atom stereocenters. The summed E-state index contributed by atoms with van der Waals surface area (Å²) in [5.74, 6) is -1.02. The summed E-state index contributed by atoms with van der Waals surface area (Å²) >= 11 is 0. The number of hydrogen-bond acceptors (Lipinski definition) is 2. The van der Waals surface area contributed by atoms with Gasteiger partial charge in [-0.2, -0.15) is 0 Å². The first-order valence-corrected chi connectivity index (χ1v) is 6.77. The van der Waals surface area contributed by atoms with E-state index >= 15 is 0 Å². The maximum Gasteiger partial charge on any atom is 0.257 e. The molecule has 1 fully saturated rings. The SMILES string of the molecule is CC[C@@H]1C(=O)N(C)CCN1C(=O)c1ccc(C)cc1F. The second-order valence-corrected chi connectivity index (χ2v) is 5.17. The van der Waals surface area contributed by atoms with Crippen LogP contribution in [0.1, 0.15) is 29.3 Å². The normalized spacial score (nSPS) is 19.4. The smallest absolute Gasteiger partial charge is 0.257 e. The van der Waals surface area contributed by atoms with Crippen molar-refractivity contribution in [3.63, 3.8) is 0 Å². The minimum Gasteiger partial charge on any atom is -0.342 e. The van der Waals surface area contributed by atoms with Gasteiger partial charge in [-0.15, -0.1) is 0 Å². The molecule has 0 radical (unpaired) electrons. The first-order chi connectivity index (χ1) is 9.45. The lowest BCUT2D eigenvalue weighted by Crippen LogP contribution is -2.57. The van der Waals surface area contributed by atoms with Crippen molar-refractivity contribution >= 4 is 11.8 Å². The van der Waals surface area contributed by atoms with Crippen LogP contribution in [-0.2, 0) is 4.79 Å². The second-order valence-electron chi connectivity index (χ2n) is 5.17. The van der Waals surface area contributed by atoms with Crippen LogP contribution in [0.2, 0.25) is 0 Å². The highest BCUT2D eigenvalue weighted by Crippen LogP contribution is 2.19. The van der Waals surface area contributed by atoms with Gasteiger partial charge in [0.1, 0.15) is 11.9 Å². The number of nitrogens with zero attached hydrogens (tertiary/aromatic N) is 2. The van der Waals surface area contributed by atoms with Gasteiger partial charge in [0.05, 0.1) is 5.56 Å². The van der Waals surface area contributed by atoms with Gasteiger partial charge in [0, 0.05) is 20.1 Å². The number of halogens is 1. The molecule has 5 heteroatoms. The topological polar surface area (TPSA) is 40.6 Å². The van der Waals surface area contributed by atoms with Gasteiger partial charge in [0.2, 0.25) is 5.91 Å². The molecular formula is C15H19FN2O2. The minimum atomic E-state index is -0.531. The summed E-state index contributed by atoms with van der Waals surface area (Å²) in [6.07, 6.45) is 0.530. The van der Waals surface area contributed by atoms with Gasteiger partial charge >= 0.3 is 0 Å². The van der Waals surface area contributed by atoms with Crippen LogP contribution in [0.15, 0.2) is 18.2 Å². The summed E-state index contributed by atoms with van der Waals surface area (Å²) in [4.78, 5) is 27.6. The van der Waals surface area contributed by atoms with Crippen molar-refractivity contribution in [3.8, 4) is 0 Å². The molecule has 1 aliphatic rings. The standard InChI is InChI=1S/C15H19FN2O2/c1-4-13-15(20)17(3)7-8-18(13)14(19)11-6-5-10(2)9-12(11)16/h5-6,9,13H,4,7-8H2,1-3H3/t13-/m1/s1. The number of rotatable bonds is 2. The Balaban J connectivity index is 2.30. The fourth-order valence-electron chi connectivity index (χ4n) is 2.50. The fraction of sp³-hybridized carbons (Fsp3) is 0.467. The fourth-order valence-corrected chi connectivity index (χ4v) is 2.50. The molecule has 1 aliphatic heterocycles. The third kappa shape index (κ3) is 2.53. The summed E-state index contributed by atoms with van der Waals surface area (Å²) in [5, 5.41) is 0. The Hall–Kier alpha value is -1.91. The number of carbonyl (C=O) groups is 2. The summed E-state index contributed by atoms with van der Waals surface area (Å²) in [7, 11) is 1.72. The third-order valence-electron chi connectivity index (χ3n) is 3.72. The first-order valence-electron chi connectivity index (χ1n) is 6.77. The predicted octanol–water partition coefficient (Wildman–Crippen LogP) is 1.83. The minimum absolute atomic E-state index is 0.0337. The van der Waals surface area contributed by atoms with E-state index in [1.165, 1.54) is 17.0 Å². The largest absolute Gasteiger partial charge is 0.342 e. The van der Waals surface area contributed by atoms with Crippen molar-refractivity contribution in [2.24, 2.45) is 0 Å². The van der Waals surface area contributed by atoms with Crippen molar-refractivity contribution in [3.05, 3.63) is 35.1 Å². The van der Waals surface area contributed by atoms with Crippen molar-refractivity contribution in [1.29, 1.82) is 0 Å². The molecule has 1 aromatic carbocycles. The Morgan fingerprint density at radius 1 is 1.40 bits per heavy atom. The number of carbonyl (C=O) groups excluding carboxylic acids is 2. The zero-order valence-electron chi connectivity index (χ0n) is 12.0. The molecule has 2 amide bonds. The van der Waals surface area contributed by atoms with Crippen molar-refractivity contribution in [1.82, 2.24) is 9.80 Å². The highest BCUT2D eigenvalue weighted by molar-refractivity contribution is 5.98. The molecule has 0 aromatic heterocycles. The third-order valence-corrected chi connectivity index (χ3v) is 3.72. The van der Waals surface area contributed by atoms with Crippen LogP contribution in [0.4, 0.5) is 4.39 Å². The summed E-state index contributed by atoms with van der Waals surface area (Å²) in [6.45, 7) is 4.54. The van der Waals surface area contributed by atoms with Crippen LogP contribution in [0, 0.1) is 12.7 Å². The zero-order valence-corrected chi connectivity index (χ0v) is 12.0. The molecule has 4 nitrogen and oxygen atoms in total. The molecule has 0 saturated carbocycles. The van der Waals surface area contributed by atoms with Crippen LogP contribution in [0.3, 0.4) is 0 Å². The van der Waals surface area contributed by atoms with Crippen LogP contribution in [-0.4, -0.2) is 47.8 Å². The number of aryl methyl sites for hydroxylation is 1. The van der Waals surface area contributed by atoms with Crippen LogP contribution in [0.25, 0.3) is 0 Å². The van der Waals surface area contributed by atoms with Crippen LogP contribution >= 0.6 is 0 Å². The molecule has 1 aromatic rings. The molecule has 0 unspecified atom stereocenters. The van der Waals surface area contributed by atoms with Gasteiger partial charge in [0.25, 0.3) is 5.91 Å². The molecular weight excluding hydrogens is 259 g/mol. The lowest BCUT2D eigenvalue weighted by Gasteiger charge is -2.38. The van der Waals surface area contributed by atoms with E-state index < -0.39 is 17.8 Å². The Morgan fingerprint density at radius 3 is 2.70 bits per heavy atom. The van der Waals surface area contributed by atoms with E-state index in [9.17, 15) is 14.0 Å². The lowest BCUT2D eigenvalue weighted by molar-refractivity contribution is -0.138. The van der Waals surface area contributed by atoms with Gasteiger partial charge in [-0.1, -0.05) is 13.0 Å². The molecule has 1 heterocycles. The highest BCUT2D eigenvalue weighted by Gasteiger charge is 2.35. The number of hydrogen-bond donors (Lipinski definition) is 0. The Bertz CT molecular complexity index is 545. The second kappa shape index (κ2) is 5.61. The summed E-state index contributed by atoms with van der Waals surface area (Å²) in [5.41, 5.74) is 0.798. The molecule has 20 heavy (non-hydrogen) atoms. The van der Waals surface area contributed by atoms with Gasteiger partial charge in [0.15, 0.2) is 0 Å². The van der Waals surface area contributed by atoms with Crippen molar-refractivity contribution in [2.75, 3.05) is 20.1 Å². The molecule has 1 saturated heterocycles. The Labute approximate surface area is 118 Å². The van der Waals surface area contributed by atoms with E-state index in [4.69, 9.17) is 0 Å². The monoisotopic (exact) mass is 278 g/mol. The number of likely N-dealkylation sites (N-methyl/N-ethyl adjacent to an activating group) is 1. The van der Waals surface area contributed by atoms with Gasteiger partial charge in [-0.3, -0.25) is 9.59 Å². The van der Waals surface area contributed by atoms with E-state index in [2.05, 4.69) is 0 Å². The molecule has 0 aliphatic carbocycles. The quantitative estimate of drug-likeness (QED) is 0.828. The summed E-state index contributed by atoms with van der Waals surface area (Å²) < 4.78 is 13.9. The Morgan fingerprint density at radius 2 is 2.10 bits per heavy atom.